The lowest BCUT2D eigenvalue weighted by Gasteiger charge is -2.32. The molecule has 6 N–H and O–H groups in total. The molecule has 2 aromatic rings. The molecule has 0 saturated heterocycles. The highest BCUT2D eigenvalue weighted by Crippen LogP contribution is 2.44. The van der Waals surface area contributed by atoms with E-state index in [1.807, 2.05) is 0 Å². The summed E-state index contributed by atoms with van der Waals surface area (Å²) in [5, 5.41) is 62.2. The fourth-order valence-corrected chi connectivity index (χ4v) is 3.60. The van der Waals surface area contributed by atoms with Crippen molar-refractivity contribution in [3.8, 4) is 34.5 Å². The van der Waals surface area contributed by atoms with Crippen LogP contribution in [0.1, 0.15) is 23.3 Å². The van der Waals surface area contributed by atoms with E-state index in [1.54, 1.807) is 0 Å². The number of rotatable bonds is 11. The topological polar surface area (TPSA) is 158 Å². The first kappa shape index (κ1) is 25.3. The van der Waals surface area contributed by atoms with Gasteiger partial charge in [0.05, 0.1) is 40.6 Å². The van der Waals surface area contributed by atoms with Crippen molar-refractivity contribution < 1.29 is 49.6 Å². The summed E-state index contributed by atoms with van der Waals surface area (Å²) in [5.74, 6) is -2.39. The number of benzene rings is 2. The third-order valence-corrected chi connectivity index (χ3v) is 5.47. The van der Waals surface area contributed by atoms with Gasteiger partial charge >= 0.3 is 0 Å². The first-order valence-corrected chi connectivity index (χ1v) is 9.75. The monoisotopic (exact) mass is 454 g/mol. The van der Waals surface area contributed by atoms with Crippen LogP contribution in [0.25, 0.3) is 0 Å². The molecule has 0 saturated carbocycles. The molecule has 0 aromatic heterocycles. The van der Waals surface area contributed by atoms with Crippen LogP contribution < -0.4 is 18.9 Å². The summed E-state index contributed by atoms with van der Waals surface area (Å²) in [6.07, 6.45) is -2.73. The predicted molar refractivity (Wildman–Crippen MR) is 113 cm³/mol. The zero-order valence-corrected chi connectivity index (χ0v) is 18.3. The van der Waals surface area contributed by atoms with Crippen molar-refractivity contribution in [3.63, 3.8) is 0 Å². The zero-order chi connectivity index (χ0) is 24.0. The Balaban J connectivity index is 2.46. The van der Waals surface area contributed by atoms with Gasteiger partial charge in [-0.25, -0.2) is 0 Å². The Bertz CT molecular complexity index is 777. The van der Waals surface area contributed by atoms with Crippen LogP contribution in [-0.2, 0) is 0 Å². The van der Waals surface area contributed by atoms with E-state index in [2.05, 4.69) is 0 Å². The molecule has 0 aliphatic heterocycles. The molecule has 0 aliphatic carbocycles. The summed E-state index contributed by atoms with van der Waals surface area (Å²) in [7, 11) is 5.33. The first-order chi connectivity index (χ1) is 15.3. The van der Waals surface area contributed by atoms with Crippen molar-refractivity contribution >= 4 is 0 Å². The van der Waals surface area contributed by atoms with Gasteiger partial charge in [-0.1, -0.05) is 0 Å². The molecule has 2 rings (SSSR count). The van der Waals surface area contributed by atoms with Crippen molar-refractivity contribution in [2.75, 3.05) is 41.7 Å². The Kier molecular flexibility index (Phi) is 8.79. The second kappa shape index (κ2) is 11.1. The Morgan fingerprint density at radius 2 is 0.844 bits per heavy atom. The van der Waals surface area contributed by atoms with Crippen LogP contribution >= 0.6 is 0 Å². The van der Waals surface area contributed by atoms with E-state index in [-0.39, 0.29) is 45.6 Å². The molecule has 0 bridgehead atoms. The van der Waals surface area contributed by atoms with E-state index >= 15 is 0 Å². The highest BCUT2D eigenvalue weighted by Gasteiger charge is 2.35. The molecule has 178 valence electrons. The Morgan fingerprint density at radius 1 is 0.594 bits per heavy atom. The number of phenolic OH excluding ortho intramolecular Hbond substituents is 2. The van der Waals surface area contributed by atoms with Gasteiger partial charge in [-0.2, -0.15) is 0 Å². The molecular formula is C22H30O10. The van der Waals surface area contributed by atoms with E-state index < -0.39 is 37.3 Å². The molecule has 0 heterocycles. The molecule has 0 aliphatic rings. The quantitative estimate of drug-likeness (QED) is 0.290. The number of ether oxygens (including phenoxy) is 4. The van der Waals surface area contributed by atoms with E-state index in [1.165, 1.54) is 52.7 Å². The van der Waals surface area contributed by atoms with Crippen molar-refractivity contribution in [2.24, 2.45) is 11.8 Å². The van der Waals surface area contributed by atoms with Crippen LogP contribution in [-0.4, -0.2) is 72.3 Å². The maximum Gasteiger partial charge on any atom is 0.200 e. The van der Waals surface area contributed by atoms with Crippen LogP contribution in [0.5, 0.6) is 34.5 Å². The molecule has 0 amide bonds. The second-order valence-electron chi connectivity index (χ2n) is 7.13. The molecule has 0 fully saturated rings. The van der Waals surface area contributed by atoms with Crippen molar-refractivity contribution in [1.29, 1.82) is 0 Å². The lowest BCUT2D eigenvalue weighted by molar-refractivity contribution is -0.0425. The summed E-state index contributed by atoms with van der Waals surface area (Å²) < 4.78 is 20.4. The van der Waals surface area contributed by atoms with Gasteiger partial charge in [0.1, 0.15) is 0 Å². The van der Waals surface area contributed by atoms with Crippen LogP contribution in [0, 0.1) is 11.8 Å². The highest BCUT2D eigenvalue weighted by molar-refractivity contribution is 5.54. The molecule has 10 heteroatoms. The fourth-order valence-electron chi connectivity index (χ4n) is 3.60. The van der Waals surface area contributed by atoms with Crippen LogP contribution in [0.2, 0.25) is 0 Å². The van der Waals surface area contributed by atoms with Gasteiger partial charge in [0, 0.05) is 25.0 Å². The fraction of sp³-hybridized carbons (Fsp3) is 0.455. The Labute approximate surface area is 185 Å². The molecule has 4 atom stereocenters. The van der Waals surface area contributed by atoms with Gasteiger partial charge in [0.25, 0.3) is 0 Å². The molecule has 2 aromatic carbocycles. The zero-order valence-electron chi connectivity index (χ0n) is 18.3. The van der Waals surface area contributed by atoms with E-state index in [0.29, 0.717) is 0 Å². The smallest absolute Gasteiger partial charge is 0.200 e. The predicted octanol–water partition coefficient (Wildman–Crippen LogP) is 1.12. The van der Waals surface area contributed by atoms with Gasteiger partial charge in [-0.05, 0) is 35.4 Å². The number of aliphatic hydroxyl groups is 4. The summed E-state index contributed by atoms with van der Waals surface area (Å²) in [6.45, 7) is -1.16. The molecule has 0 radical (unpaired) electrons. The largest absolute Gasteiger partial charge is 0.502 e. The number of hydrogen-bond acceptors (Lipinski definition) is 10. The number of hydrogen-bond donors (Lipinski definition) is 6. The molecular weight excluding hydrogens is 424 g/mol. The van der Waals surface area contributed by atoms with Gasteiger partial charge in [-0.3, -0.25) is 0 Å². The molecule has 0 spiro atoms. The van der Waals surface area contributed by atoms with Crippen molar-refractivity contribution in [2.45, 2.75) is 12.2 Å². The summed E-state index contributed by atoms with van der Waals surface area (Å²) in [6, 6.07) is 5.49. The van der Waals surface area contributed by atoms with Gasteiger partial charge < -0.3 is 49.6 Å². The second-order valence-corrected chi connectivity index (χ2v) is 7.13. The number of aromatic hydroxyl groups is 2. The number of phenols is 2. The molecule has 10 nitrogen and oxygen atoms in total. The van der Waals surface area contributed by atoms with E-state index in [0.717, 1.165) is 0 Å². The standard InChI is InChI=1S/C22H30O10/c1-29-15-5-11(6-16(30-2)21(15)27)19(25)13(9-23)14(10-24)20(26)12-7-17(31-3)22(28)18(8-12)32-4/h5-8,13-14,19-20,23-28H,9-10H2,1-4H3/t13-,14+,19-,20-/m1/s1. The average Bonchev–Trinajstić information content (AvgIpc) is 2.81. The van der Waals surface area contributed by atoms with Crippen LogP contribution in [0.4, 0.5) is 0 Å². The highest BCUT2D eigenvalue weighted by atomic mass is 16.5. The first-order valence-electron chi connectivity index (χ1n) is 9.75. The maximum atomic E-state index is 11.0. The Hall–Kier alpha value is -2.92. The minimum atomic E-state index is -1.36. The van der Waals surface area contributed by atoms with Crippen LogP contribution in [0.15, 0.2) is 24.3 Å². The van der Waals surface area contributed by atoms with Gasteiger partial charge in [0.2, 0.25) is 11.5 Å². The number of methoxy groups -OCH3 is 4. The molecule has 0 unspecified atom stereocenters. The maximum absolute atomic E-state index is 11.0. The summed E-state index contributed by atoms with van der Waals surface area (Å²) in [5.41, 5.74) is 0.476. The van der Waals surface area contributed by atoms with Crippen molar-refractivity contribution in [3.05, 3.63) is 35.4 Å². The third kappa shape index (κ3) is 4.94. The van der Waals surface area contributed by atoms with Gasteiger partial charge in [-0.15, -0.1) is 0 Å². The SMILES string of the molecule is COc1cc([C@@H](O)[C@H](CO)[C@H](CO)[C@H](O)c2cc(OC)c(O)c(OC)c2)cc(OC)c1O. The third-order valence-electron chi connectivity index (χ3n) is 5.47. The minimum absolute atomic E-state index is 0.0456. The summed E-state index contributed by atoms with van der Waals surface area (Å²) >= 11 is 0. The van der Waals surface area contributed by atoms with Crippen LogP contribution in [0.3, 0.4) is 0 Å². The Morgan fingerprint density at radius 3 is 1.03 bits per heavy atom. The molecule has 32 heavy (non-hydrogen) atoms. The van der Waals surface area contributed by atoms with Crippen molar-refractivity contribution in [1.82, 2.24) is 0 Å². The van der Waals surface area contributed by atoms with E-state index in [4.69, 9.17) is 18.9 Å². The average molecular weight is 454 g/mol. The summed E-state index contributed by atoms with van der Waals surface area (Å²) in [4.78, 5) is 0. The minimum Gasteiger partial charge on any atom is -0.502 e. The number of aliphatic hydroxyl groups excluding tert-OH is 4. The van der Waals surface area contributed by atoms with Gasteiger partial charge in [0.15, 0.2) is 23.0 Å². The lowest BCUT2D eigenvalue weighted by atomic mass is 9.79. The normalized spacial score (nSPS) is 14.9. The lowest BCUT2D eigenvalue weighted by Crippen LogP contribution is -2.32. The van der Waals surface area contributed by atoms with E-state index in [9.17, 15) is 30.6 Å².